The summed E-state index contributed by atoms with van der Waals surface area (Å²) >= 11 is 0. The Balaban J connectivity index is 1.78. The third-order valence-corrected chi connectivity index (χ3v) is 3.76. The number of para-hydroxylation sites is 1. The number of nitrogens with zero attached hydrogens (tertiary/aromatic N) is 2. The van der Waals surface area contributed by atoms with E-state index in [9.17, 15) is 4.79 Å². The van der Waals surface area contributed by atoms with E-state index in [2.05, 4.69) is 22.2 Å². The zero-order chi connectivity index (χ0) is 14.4. The monoisotopic (exact) mass is 276 g/mol. The van der Waals surface area contributed by atoms with Gasteiger partial charge in [0.25, 0.3) is 0 Å². The molecule has 0 saturated carbocycles. The van der Waals surface area contributed by atoms with E-state index in [0.29, 0.717) is 13.0 Å². The summed E-state index contributed by atoms with van der Waals surface area (Å²) < 4.78 is 0. The minimum Gasteiger partial charge on any atom is -0.326 e. The second kappa shape index (κ2) is 7.38. The van der Waals surface area contributed by atoms with Crippen LogP contribution in [-0.2, 0) is 11.3 Å². The fourth-order valence-electron chi connectivity index (χ4n) is 2.36. The molecule has 5 heteroatoms. The molecule has 20 heavy (non-hydrogen) atoms. The average Bonchev–Trinajstić information content (AvgIpc) is 2.47. The van der Waals surface area contributed by atoms with Crippen LogP contribution in [0.15, 0.2) is 24.3 Å². The van der Waals surface area contributed by atoms with Crippen LogP contribution in [0.5, 0.6) is 0 Å². The molecule has 110 valence electrons. The van der Waals surface area contributed by atoms with Crippen LogP contribution in [-0.4, -0.2) is 55.5 Å². The summed E-state index contributed by atoms with van der Waals surface area (Å²) in [5.41, 5.74) is 7.47. The van der Waals surface area contributed by atoms with Gasteiger partial charge in [0.05, 0.1) is 0 Å². The highest BCUT2D eigenvalue weighted by Gasteiger charge is 2.14. The molecule has 2 rings (SSSR count). The Labute approximate surface area is 120 Å². The normalized spacial score (nSPS) is 17.1. The third kappa shape index (κ3) is 4.30. The number of nitrogens with one attached hydrogen (secondary N) is 1. The van der Waals surface area contributed by atoms with Gasteiger partial charge in [0.2, 0.25) is 5.91 Å². The van der Waals surface area contributed by atoms with Gasteiger partial charge in [-0.1, -0.05) is 18.2 Å². The van der Waals surface area contributed by atoms with Gasteiger partial charge < -0.3 is 20.9 Å². The number of benzene rings is 1. The molecule has 0 spiro atoms. The highest BCUT2D eigenvalue weighted by molar-refractivity contribution is 5.91. The number of anilines is 1. The molecule has 0 unspecified atom stereocenters. The number of carbonyl (C=O) groups is 1. The molecule has 3 N–H and O–H groups in total. The van der Waals surface area contributed by atoms with Crippen molar-refractivity contribution in [2.75, 3.05) is 45.1 Å². The predicted octanol–water partition coefficient (Wildman–Crippen LogP) is 0.721. The predicted molar refractivity (Wildman–Crippen MR) is 81.5 cm³/mol. The Hall–Kier alpha value is -1.43. The van der Waals surface area contributed by atoms with Gasteiger partial charge >= 0.3 is 0 Å². The van der Waals surface area contributed by atoms with Crippen LogP contribution in [0.1, 0.15) is 12.0 Å². The van der Waals surface area contributed by atoms with Gasteiger partial charge in [0, 0.05) is 51.4 Å². The summed E-state index contributed by atoms with van der Waals surface area (Å²) in [5, 5.41) is 2.95. The Bertz CT molecular complexity index is 441. The van der Waals surface area contributed by atoms with E-state index in [1.165, 1.54) is 0 Å². The molecular formula is C15H24N4O. The van der Waals surface area contributed by atoms with Crippen LogP contribution in [0, 0.1) is 0 Å². The van der Waals surface area contributed by atoms with Crippen LogP contribution in [0.4, 0.5) is 5.69 Å². The number of piperazine rings is 1. The first-order valence-corrected chi connectivity index (χ1v) is 7.18. The number of carbonyl (C=O) groups excluding carboxylic acids is 1. The molecule has 1 aliphatic heterocycles. The molecular weight excluding hydrogens is 252 g/mol. The molecule has 1 aromatic rings. The van der Waals surface area contributed by atoms with Crippen LogP contribution in [0.3, 0.4) is 0 Å². The van der Waals surface area contributed by atoms with E-state index >= 15 is 0 Å². The number of hydrogen-bond acceptors (Lipinski definition) is 4. The number of hydrogen-bond donors (Lipinski definition) is 2. The maximum absolute atomic E-state index is 12.0. The van der Waals surface area contributed by atoms with Crippen molar-refractivity contribution in [2.24, 2.45) is 5.73 Å². The number of rotatable bonds is 5. The van der Waals surface area contributed by atoms with Gasteiger partial charge in [0.15, 0.2) is 0 Å². The number of likely N-dealkylation sites (N-methyl/N-ethyl adjacent to an activating group) is 1. The van der Waals surface area contributed by atoms with E-state index in [1.54, 1.807) is 0 Å². The molecule has 0 aliphatic carbocycles. The van der Waals surface area contributed by atoms with E-state index in [-0.39, 0.29) is 5.91 Å². The fourth-order valence-corrected chi connectivity index (χ4v) is 2.36. The molecule has 0 atom stereocenters. The van der Waals surface area contributed by atoms with E-state index < -0.39 is 0 Å². The van der Waals surface area contributed by atoms with Gasteiger partial charge in [0.1, 0.15) is 0 Å². The standard InChI is InChI=1S/C15H24N4O/c1-18-8-10-19(11-9-18)7-6-15(20)17-14-5-3-2-4-13(14)12-16/h2-5H,6-12,16H2,1H3,(H,17,20). The first-order valence-electron chi connectivity index (χ1n) is 7.18. The quantitative estimate of drug-likeness (QED) is 0.832. The van der Waals surface area contributed by atoms with Crippen molar-refractivity contribution in [2.45, 2.75) is 13.0 Å². The summed E-state index contributed by atoms with van der Waals surface area (Å²) in [6, 6.07) is 7.68. The highest BCUT2D eigenvalue weighted by atomic mass is 16.1. The van der Waals surface area contributed by atoms with Crippen molar-refractivity contribution in [3.05, 3.63) is 29.8 Å². The summed E-state index contributed by atoms with van der Waals surface area (Å²) in [5.74, 6) is 0.0600. The lowest BCUT2D eigenvalue weighted by Gasteiger charge is -2.32. The minimum absolute atomic E-state index is 0.0600. The lowest BCUT2D eigenvalue weighted by atomic mass is 10.1. The molecule has 0 bridgehead atoms. The molecule has 1 fully saturated rings. The fraction of sp³-hybridized carbons (Fsp3) is 0.533. The van der Waals surface area contributed by atoms with Gasteiger partial charge in [-0.2, -0.15) is 0 Å². The summed E-state index contributed by atoms with van der Waals surface area (Å²) in [4.78, 5) is 16.7. The Morgan fingerprint density at radius 2 is 1.95 bits per heavy atom. The smallest absolute Gasteiger partial charge is 0.225 e. The highest BCUT2D eigenvalue weighted by Crippen LogP contribution is 2.14. The molecule has 1 aromatic carbocycles. The molecule has 0 aromatic heterocycles. The Kier molecular flexibility index (Phi) is 5.52. The van der Waals surface area contributed by atoms with Crippen LogP contribution in [0.2, 0.25) is 0 Å². The Morgan fingerprint density at radius 3 is 2.65 bits per heavy atom. The molecule has 1 amide bonds. The third-order valence-electron chi connectivity index (χ3n) is 3.76. The SMILES string of the molecule is CN1CCN(CCC(=O)Nc2ccccc2CN)CC1. The molecule has 1 aliphatic rings. The lowest BCUT2D eigenvalue weighted by molar-refractivity contribution is -0.116. The molecule has 0 radical (unpaired) electrons. The first-order chi connectivity index (χ1) is 9.69. The average molecular weight is 276 g/mol. The van der Waals surface area contributed by atoms with Crippen LogP contribution in [0.25, 0.3) is 0 Å². The van der Waals surface area contributed by atoms with Crippen molar-refractivity contribution in [3.63, 3.8) is 0 Å². The van der Waals surface area contributed by atoms with E-state index in [0.717, 1.165) is 44.0 Å². The second-order valence-electron chi connectivity index (χ2n) is 5.30. The van der Waals surface area contributed by atoms with Gasteiger partial charge in [-0.3, -0.25) is 4.79 Å². The van der Waals surface area contributed by atoms with Gasteiger partial charge in [-0.25, -0.2) is 0 Å². The zero-order valence-corrected chi connectivity index (χ0v) is 12.1. The summed E-state index contributed by atoms with van der Waals surface area (Å²) in [6.07, 6.45) is 0.530. The summed E-state index contributed by atoms with van der Waals surface area (Å²) in [7, 11) is 2.13. The van der Waals surface area contributed by atoms with E-state index in [1.807, 2.05) is 24.3 Å². The van der Waals surface area contributed by atoms with Gasteiger partial charge in [-0.05, 0) is 18.7 Å². The van der Waals surface area contributed by atoms with Gasteiger partial charge in [-0.15, -0.1) is 0 Å². The maximum Gasteiger partial charge on any atom is 0.225 e. The number of amides is 1. The minimum atomic E-state index is 0.0600. The van der Waals surface area contributed by atoms with Crippen molar-refractivity contribution >= 4 is 11.6 Å². The van der Waals surface area contributed by atoms with Crippen molar-refractivity contribution in [3.8, 4) is 0 Å². The second-order valence-corrected chi connectivity index (χ2v) is 5.30. The topological polar surface area (TPSA) is 61.6 Å². The van der Waals surface area contributed by atoms with Crippen LogP contribution < -0.4 is 11.1 Å². The summed E-state index contributed by atoms with van der Waals surface area (Å²) in [6.45, 7) is 5.51. The van der Waals surface area contributed by atoms with Crippen molar-refractivity contribution < 1.29 is 4.79 Å². The molecule has 1 heterocycles. The number of nitrogens with two attached hydrogens (primary N) is 1. The van der Waals surface area contributed by atoms with E-state index in [4.69, 9.17) is 5.73 Å². The maximum atomic E-state index is 12.0. The van der Waals surface area contributed by atoms with Crippen LogP contribution >= 0.6 is 0 Å². The van der Waals surface area contributed by atoms with Crippen molar-refractivity contribution in [1.82, 2.24) is 9.80 Å². The largest absolute Gasteiger partial charge is 0.326 e. The zero-order valence-electron chi connectivity index (χ0n) is 12.1. The van der Waals surface area contributed by atoms with Crippen molar-refractivity contribution in [1.29, 1.82) is 0 Å². The lowest BCUT2D eigenvalue weighted by Crippen LogP contribution is -2.45. The first kappa shape index (κ1) is 15.0. The molecule has 1 saturated heterocycles. The Morgan fingerprint density at radius 1 is 1.25 bits per heavy atom. The molecule has 5 nitrogen and oxygen atoms in total.